The molecule has 1 aliphatic carbocycles. The summed E-state index contributed by atoms with van der Waals surface area (Å²) in [7, 11) is -3.22. The Morgan fingerprint density at radius 1 is 0.971 bits per heavy atom. The minimum Gasteiger partial charge on any atom is -0.462 e. The van der Waals surface area contributed by atoms with Gasteiger partial charge in [-0.15, -0.1) is 0 Å². The van der Waals surface area contributed by atoms with Crippen molar-refractivity contribution < 1.29 is 17.9 Å². The van der Waals surface area contributed by atoms with Gasteiger partial charge in [0.25, 0.3) is 0 Å². The standard InChI is InChI=1S/C26H39N3O4S/c1-21-6-8-22(9-7-21)28-18-16-27(17-19-28)13-10-23-20-26(25(30)33-23)11-14-29(15-12-26)34(31,32)24-4-2-3-5-24/h6-9,23-24H,2-5,10-20H2,1H3/t23-/m0/s1. The van der Waals surface area contributed by atoms with Crippen LogP contribution in [0.2, 0.25) is 0 Å². The Labute approximate surface area is 204 Å². The van der Waals surface area contributed by atoms with Crippen LogP contribution in [-0.2, 0) is 19.6 Å². The van der Waals surface area contributed by atoms with E-state index in [0.717, 1.165) is 71.2 Å². The molecule has 0 aromatic heterocycles. The Morgan fingerprint density at radius 2 is 1.62 bits per heavy atom. The number of piperidine rings is 1. The number of aryl methyl sites for hydroxylation is 1. The molecule has 3 aliphatic heterocycles. The van der Waals surface area contributed by atoms with Gasteiger partial charge >= 0.3 is 5.97 Å². The van der Waals surface area contributed by atoms with E-state index in [0.29, 0.717) is 25.9 Å². The van der Waals surface area contributed by atoms with Gasteiger partial charge in [0.15, 0.2) is 0 Å². The zero-order valence-electron chi connectivity index (χ0n) is 20.5. The topological polar surface area (TPSA) is 70.2 Å². The van der Waals surface area contributed by atoms with E-state index in [1.54, 1.807) is 4.31 Å². The monoisotopic (exact) mass is 489 g/mol. The lowest BCUT2D eigenvalue weighted by Gasteiger charge is -2.37. The predicted octanol–water partition coefficient (Wildman–Crippen LogP) is 3.18. The number of anilines is 1. The molecule has 1 aromatic rings. The first-order chi connectivity index (χ1) is 16.4. The third-order valence-corrected chi connectivity index (χ3v) is 11.0. The molecule has 3 saturated heterocycles. The van der Waals surface area contributed by atoms with Crippen LogP contribution >= 0.6 is 0 Å². The van der Waals surface area contributed by atoms with E-state index in [4.69, 9.17) is 4.74 Å². The van der Waals surface area contributed by atoms with Gasteiger partial charge in [0.2, 0.25) is 10.0 Å². The van der Waals surface area contributed by atoms with Gasteiger partial charge in [-0.3, -0.25) is 9.69 Å². The molecule has 1 saturated carbocycles. The zero-order chi connectivity index (χ0) is 23.8. The molecule has 1 atom stereocenters. The highest BCUT2D eigenvalue weighted by atomic mass is 32.2. The molecule has 0 bridgehead atoms. The van der Waals surface area contributed by atoms with Gasteiger partial charge in [0.1, 0.15) is 6.10 Å². The number of ether oxygens (including phenoxy) is 1. The molecule has 188 valence electrons. The second-order valence-electron chi connectivity index (χ2n) is 10.8. The number of esters is 1. The first kappa shape index (κ1) is 24.1. The largest absolute Gasteiger partial charge is 0.462 e. The van der Waals surface area contributed by atoms with E-state index < -0.39 is 15.4 Å². The van der Waals surface area contributed by atoms with Crippen molar-refractivity contribution in [3.63, 3.8) is 0 Å². The van der Waals surface area contributed by atoms with Gasteiger partial charge in [-0.2, -0.15) is 0 Å². The van der Waals surface area contributed by atoms with E-state index in [9.17, 15) is 13.2 Å². The lowest BCUT2D eigenvalue weighted by molar-refractivity contribution is -0.150. The number of nitrogens with zero attached hydrogens (tertiary/aromatic N) is 3. The summed E-state index contributed by atoms with van der Waals surface area (Å²) in [5.74, 6) is -0.0976. The van der Waals surface area contributed by atoms with Crippen molar-refractivity contribution in [2.75, 3.05) is 50.7 Å². The molecule has 8 heteroatoms. The smallest absolute Gasteiger partial charge is 0.312 e. The molecule has 4 aliphatic rings. The summed E-state index contributed by atoms with van der Waals surface area (Å²) in [5.41, 5.74) is 2.10. The summed E-state index contributed by atoms with van der Waals surface area (Å²) in [5, 5.41) is -0.212. The highest BCUT2D eigenvalue weighted by Crippen LogP contribution is 2.45. The maximum atomic E-state index is 12.9. The van der Waals surface area contributed by atoms with Crippen LogP contribution in [0.25, 0.3) is 0 Å². The molecule has 4 fully saturated rings. The van der Waals surface area contributed by atoms with Crippen LogP contribution in [0.5, 0.6) is 0 Å². The van der Waals surface area contributed by atoms with Crippen LogP contribution in [0.1, 0.15) is 56.9 Å². The van der Waals surface area contributed by atoms with Crippen molar-refractivity contribution in [2.24, 2.45) is 5.41 Å². The third kappa shape index (κ3) is 4.86. The molecular formula is C26H39N3O4S. The fraction of sp³-hybridized carbons (Fsp3) is 0.731. The number of piperazine rings is 1. The first-order valence-electron chi connectivity index (χ1n) is 13.1. The van der Waals surface area contributed by atoms with E-state index in [1.807, 2.05) is 0 Å². The van der Waals surface area contributed by atoms with E-state index in [-0.39, 0.29) is 17.3 Å². The van der Waals surface area contributed by atoms with Gasteiger partial charge in [-0.1, -0.05) is 30.5 Å². The molecule has 34 heavy (non-hydrogen) atoms. The fourth-order valence-electron chi connectivity index (χ4n) is 6.28. The normalized spacial score (nSPS) is 26.9. The minimum absolute atomic E-state index is 0.0411. The quantitative estimate of drug-likeness (QED) is 0.572. The molecular weight excluding hydrogens is 450 g/mol. The maximum absolute atomic E-state index is 12.9. The average molecular weight is 490 g/mol. The van der Waals surface area contributed by atoms with Crippen molar-refractivity contribution in [3.05, 3.63) is 29.8 Å². The molecule has 3 heterocycles. The van der Waals surface area contributed by atoms with Gasteiger partial charge in [0.05, 0.1) is 10.7 Å². The van der Waals surface area contributed by atoms with E-state index >= 15 is 0 Å². The van der Waals surface area contributed by atoms with E-state index in [1.165, 1.54) is 11.3 Å². The van der Waals surface area contributed by atoms with Crippen LogP contribution in [-0.4, -0.2) is 80.8 Å². The second kappa shape index (κ2) is 9.78. The zero-order valence-corrected chi connectivity index (χ0v) is 21.3. The minimum atomic E-state index is -3.22. The number of carbonyl (C=O) groups excluding carboxylic acids is 1. The first-order valence-corrected chi connectivity index (χ1v) is 14.6. The van der Waals surface area contributed by atoms with Crippen LogP contribution in [0.15, 0.2) is 24.3 Å². The predicted molar refractivity (Wildman–Crippen MR) is 133 cm³/mol. The van der Waals surface area contributed by atoms with Crippen LogP contribution in [0, 0.1) is 12.3 Å². The summed E-state index contributed by atoms with van der Waals surface area (Å²) in [6.45, 7) is 8.05. The number of carbonyl (C=O) groups is 1. The number of rotatable bonds is 6. The van der Waals surface area contributed by atoms with Crippen LogP contribution in [0.3, 0.4) is 0 Å². The van der Waals surface area contributed by atoms with Gasteiger partial charge in [0, 0.05) is 57.9 Å². The summed E-state index contributed by atoms with van der Waals surface area (Å²) >= 11 is 0. The SMILES string of the molecule is Cc1ccc(N2CCN(CC[C@H]3CC4(CCN(S(=O)(=O)C5CCCC5)CC4)C(=O)O3)CC2)cc1. The molecule has 0 N–H and O–H groups in total. The number of benzene rings is 1. The second-order valence-corrected chi connectivity index (χ2v) is 13.0. The highest BCUT2D eigenvalue weighted by molar-refractivity contribution is 7.89. The number of sulfonamides is 1. The Balaban J connectivity index is 1.08. The number of hydrogen-bond donors (Lipinski definition) is 0. The Kier molecular flexibility index (Phi) is 6.93. The van der Waals surface area contributed by atoms with Crippen molar-refractivity contribution >= 4 is 21.7 Å². The van der Waals surface area contributed by atoms with Crippen molar-refractivity contribution in [2.45, 2.75) is 69.6 Å². The molecule has 0 radical (unpaired) electrons. The summed E-state index contributed by atoms with van der Waals surface area (Å²) < 4.78 is 33.4. The van der Waals surface area contributed by atoms with E-state index in [2.05, 4.69) is 41.0 Å². The van der Waals surface area contributed by atoms with Crippen LogP contribution < -0.4 is 4.90 Å². The Bertz CT molecular complexity index is 958. The molecule has 1 aromatic carbocycles. The van der Waals surface area contributed by atoms with Gasteiger partial charge in [-0.25, -0.2) is 12.7 Å². The van der Waals surface area contributed by atoms with Crippen molar-refractivity contribution in [1.82, 2.24) is 9.21 Å². The highest BCUT2D eigenvalue weighted by Gasteiger charge is 2.52. The molecule has 0 amide bonds. The van der Waals surface area contributed by atoms with Gasteiger partial charge in [-0.05, 0) is 51.2 Å². The Morgan fingerprint density at radius 3 is 2.26 bits per heavy atom. The number of hydrogen-bond acceptors (Lipinski definition) is 6. The molecule has 1 spiro atoms. The summed E-state index contributed by atoms with van der Waals surface area (Å²) in [6, 6.07) is 8.74. The van der Waals surface area contributed by atoms with Crippen LogP contribution in [0.4, 0.5) is 5.69 Å². The molecule has 0 unspecified atom stereocenters. The fourth-order valence-corrected chi connectivity index (χ4v) is 8.33. The summed E-state index contributed by atoms with van der Waals surface area (Å²) in [4.78, 5) is 17.7. The van der Waals surface area contributed by atoms with Crippen molar-refractivity contribution in [1.29, 1.82) is 0 Å². The molecule has 5 rings (SSSR count). The van der Waals surface area contributed by atoms with Crippen molar-refractivity contribution in [3.8, 4) is 0 Å². The Hall–Kier alpha value is -1.64. The number of cyclic esters (lactones) is 1. The average Bonchev–Trinajstić information content (AvgIpc) is 3.49. The lowest BCUT2D eigenvalue weighted by atomic mass is 9.76. The molecule has 7 nitrogen and oxygen atoms in total. The lowest BCUT2D eigenvalue weighted by Crippen LogP contribution is -2.47. The maximum Gasteiger partial charge on any atom is 0.312 e. The summed E-state index contributed by atoms with van der Waals surface area (Å²) in [6.07, 6.45) is 6.36. The third-order valence-electron chi connectivity index (χ3n) is 8.63. The van der Waals surface area contributed by atoms with Gasteiger partial charge < -0.3 is 9.64 Å².